The molecule has 1 heterocycles. The Morgan fingerprint density at radius 2 is 1.44 bits per heavy atom. The van der Waals surface area contributed by atoms with Crippen molar-refractivity contribution >= 4 is 47.0 Å². The van der Waals surface area contributed by atoms with E-state index in [-0.39, 0.29) is 62.0 Å². The standard InChI is InChI=1S/C33H56N6O9/c1-9-21(6)29(33(47)34-14-22(7)40)38-31(45)25(13-19(2)3)37-27(42)16-36-30(44)24(20(4)5)15-35-32(46)26-11-10-12-39(26)28(43)18-48-17-23(8)41/h19-21,24-26,29H,9-18H2,1-8H3,(H,34,47)(H,35,46)(H,36,44)(H,37,42)(H,38,45). The summed E-state index contributed by atoms with van der Waals surface area (Å²) in [5, 5.41) is 13.3. The molecule has 0 bridgehead atoms. The smallest absolute Gasteiger partial charge is 0.249 e. The van der Waals surface area contributed by atoms with E-state index >= 15 is 0 Å². The largest absolute Gasteiger partial charge is 0.364 e. The van der Waals surface area contributed by atoms with Gasteiger partial charge in [-0.2, -0.15) is 0 Å². The Kier molecular flexibility index (Phi) is 18.6. The van der Waals surface area contributed by atoms with Gasteiger partial charge >= 0.3 is 0 Å². The summed E-state index contributed by atoms with van der Waals surface area (Å²) in [6, 6.07) is -2.61. The van der Waals surface area contributed by atoms with Gasteiger partial charge < -0.3 is 36.2 Å². The van der Waals surface area contributed by atoms with Gasteiger partial charge in [-0.25, -0.2) is 0 Å². The van der Waals surface area contributed by atoms with Crippen molar-refractivity contribution in [3.63, 3.8) is 0 Å². The monoisotopic (exact) mass is 680 g/mol. The minimum atomic E-state index is -0.980. The lowest BCUT2D eigenvalue weighted by Gasteiger charge is -2.27. The first kappa shape index (κ1) is 42.1. The van der Waals surface area contributed by atoms with Gasteiger partial charge in [-0.3, -0.25) is 38.4 Å². The highest BCUT2D eigenvalue weighted by atomic mass is 16.5. The van der Waals surface area contributed by atoms with Crippen molar-refractivity contribution in [1.29, 1.82) is 0 Å². The lowest BCUT2D eigenvalue weighted by Crippen LogP contribution is -2.57. The molecule has 6 amide bonds. The van der Waals surface area contributed by atoms with E-state index in [4.69, 9.17) is 4.74 Å². The number of Topliss-reactive ketones (excluding diaryl/α,β-unsaturated/α-hetero) is 2. The molecule has 0 saturated carbocycles. The fourth-order valence-corrected chi connectivity index (χ4v) is 5.19. The van der Waals surface area contributed by atoms with Crippen LogP contribution in [0.3, 0.4) is 0 Å². The van der Waals surface area contributed by atoms with Gasteiger partial charge in [-0.15, -0.1) is 0 Å². The van der Waals surface area contributed by atoms with Crippen LogP contribution in [0.15, 0.2) is 0 Å². The molecule has 272 valence electrons. The maximum absolute atomic E-state index is 13.3. The zero-order valence-electron chi connectivity index (χ0n) is 29.7. The fourth-order valence-electron chi connectivity index (χ4n) is 5.19. The number of likely N-dealkylation sites (tertiary alicyclic amines) is 1. The van der Waals surface area contributed by atoms with Crippen molar-refractivity contribution < 1.29 is 43.1 Å². The van der Waals surface area contributed by atoms with Crippen LogP contribution in [0.5, 0.6) is 0 Å². The van der Waals surface area contributed by atoms with Crippen molar-refractivity contribution in [2.75, 3.05) is 39.4 Å². The summed E-state index contributed by atoms with van der Waals surface area (Å²) in [6.07, 6.45) is 1.94. The number of nitrogens with one attached hydrogen (secondary N) is 5. The number of carbonyl (C=O) groups is 8. The lowest BCUT2D eigenvalue weighted by molar-refractivity contribution is -0.143. The molecule has 1 aliphatic heterocycles. The van der Waals surface area contributed by atoms with Crippen molar-refractivity contribution in [2.45, 2.75) is 99.2 Å². The summed E-state index contributed by atoms with van der Waals surface area (Å²) < 4.78 is 5.11. The molecule has 0 aromatic heterocycles. The first-order valence-electron chi connectivity index (χ1n) is 16.8. The average molecular weight is 681 g/mol. The Labute approximate surface area is 283 Å². The Morgan fingerprint density at radius 3 is 2.00 bits per heavy atom. The van der Waals surface area contributed by atoms with Gasteiger partial charge in [0.25, 0.3) is 0 Å². The molecule has 5 unspecified atom stereocenters. The average Bonchev–Trinajstić information content (AvgIpc) is 3.50. The van der Waals surface area contributed by atoms with Crippen LogP contribution in [-0.2, 0) is 43.1 Å². The fraction of sp³-hybridized carbons (Fsp3) is 0.758. The number of ketones is 2. The molecule has 0 aromatic rings. The number of amides is 6. The zero-order chi connectivity index (χ0) is 36.6. The molecule has 5 N–H and O–H groups in total. The number of nitrogens with zero attached hydrogens (tertiary/aromatic N) is 1. The van der Waals surface area contributed by atoms with Crippen LogP contribution >= 0.6 is 0 Å². The SMILES string of the molecule is CCC(C)C(NC(=O)C(CC(C)C)NC(=O)CNC(=O)C(CNC(=O)C1CCCN1C(=O)COCC(C)=O)C(C)C)C(=O)NCC(C)=O. The summed E-state index contributed by atoms with van der Waals surface area (Å²) in [4.78, 5) is 101. The predicted molar refractivity (Wildman–Crippen MR) is 177 cm³/mol. The van der Waals surface area contributed by atoms with Gasteiger partial charge in [0.1, 0.15) is 37.1 Å². The minimum absolute atomic E-state index is 0.0114. The molecular weight excluding hydrogens is 624 g/mol. The number of carbonyl (C=O) groups excluding carboxylic acids is 8. The third kappa shape index (κ3) is 14.9. The van der Waals surface area contributed by atoms with Crippen molar-refractivity contribution in [3.8, 4) is 0 Å². The maximum Gasteiger partial charge on any atom is 0.249 e. The second-order valence-electron chi connectivity index (χ2n) is 13.3. The molecule has 0 radical (unpaired) electrons. The van der Waals surface area contributed by atoms with Crippen LogP contribution in [0.25, 0.3) is 0 Å². The summed E-state index contributed by atoms with van der Waals surface area (Å²) in [5.74, 6) is -4.50. The van der Waals surface area contributed by atoms with Gasteiger partial charge in [-0.05, 0) is 50.9 Å². The van der Waals surface area contributed by atoms with Gasteiger partial charge in [0, 0.05) is 13.1 Å². The van der Waals surface area contributed by atoms with Gasteiger partial charge in [-0.1, -0.05) is 48.0 Å². The molecular formula is C33H56N6O9. The summed E-state index contributed by atoms with van der Waals surface area (Å²) in [7, 11) is 0. The Balaban J connectivity index is 2.80. The highest BCUT2D eigenvalue weighted by Gasteiger charge is 2.35. The minimum Gasteiger partial charge on any atom is -0.364 e. The normalized spacial score (nSPS) is 16.8. The molecule has 48 heavy (non-hydrogen) atoms. The number of hydrogen-bond acceptors (Lipinski definition) is 9. The molecule has 15 nitrogen and oxygen atoms in total. The summed E-state index contributed by atoms with van der Waals surface area (Å²) >= 11 is 0. The maximum atomic E-state index is 13.3. The first-order chi connectivity index (χ1) is 22.5. The summed E-state index contributed by atoms with van der Waals surface area (Å²) in [5.41, 5.74) is 0. The molecule has 0 aliphatic carbocycles. The Hall–Kier alpha value is -3.88. The zero-order valence-corrected chi connectivity index (χ0v) is 29.7. The van der Waals surface area contributed by atoms with E-state index in [2.05, 4.69) is 26.6 Å². The van der Waals surface area contributed by atoms with Gasteiger partial charge in [0.15, 0.2) is 5.78 Å². The predicted octanol–water partition coefficient (Wildman–Crippen LogP) is -0.145. The second-order valence-corrected chi connectivity index (χ2v) is 13.3. The Bertz CT molecular complexity index is 1160. The van der Waals surface area contributed by atoms with Crippen molar-refractivity contribution in [2.24, 2.45) is 23.7 Å². The molecule has 1 saturated heterocycles. The molecule has 1 fully saturated rings. The third-order valence-electron chi connectivity index (χ3n) is 8.13. The molecule has 0 spiro atoms. The van der Waals surface area contributed by atoms with Crippen LogP contribution in [0, 0.1) is 23.7 Å². The Morgan fingerprint density at radius 1 is 0.792 bits per heavy atom. The molecule has 5 atom stereocenters. The van der Waals surface area contributed by atoms with E-state index in [9.17, 15) is 38.4 Å². The van der Waals surface area contributed by atoms with Gasteiger partial charge in [0.05, 0.1) is 19.0 Å². The number of ether oxygens (including phenoxy) is 1. The van der Waals surface area contributed by atoms with E-state index in [1.165, 1.54) is 18.7 Å². The third-order valence-corrected chi connectivity index (χ3v) is 8.13. The van der Waals surface area contributed by atoms with E-state index in [0.29, 0.717) is 25.8 Å². The van der Waals surface area contributed by atoms with Crippen LogP contribution in [0.2, 0.25) is 0 Å². The van der Waals surface area contributed by atoms with E-state index in [1.807, 2.05) is 20.8 Å². The van der Waals surface area contributed by atoms with Crippen molar-refractivity contribution in [1.82, 2.24) is 31.5 Å². The van der Waals surface area contributed by atoms with E-state index in [1.54, 1.807) is 20.8 Å². The highest BCUT2D eigenvalue weighted by Crippen LogP contribution is 2.18. The highest BCUT2D eigenvalue weighted by molar-refractivity contribution is 5.94. The summed E-state index contributed by atoms with van der Waals surface area (Å²) in [6.45, 7) is 13.0. The number of rotatable bonds is 21. The van der Waals surface area contributed by atoms with Crippen LogP contribution in [-0.4, -0.2) is 109 Å². The quantitative estimate of drug-likeness (QED) is 0.109. The molecule has 1 rings (SSSR count). The molecule has 0 aromatic carbocycles. The molecule has 15 heteroatoms. The van der Waals surface area contributed by atoms with E-state index < -0.39 is 66.0 Å². The van der Waals surface area contributed by atoms with Crippen LogP contribution in [0.1, 0.15) is 81.1 Å². The second kappa shape index (κ2) is 21.2. The van der Waals surface area contributed by atoms with E-state index in [0.717, 1.165) is 0 Å². The van der Waals surface area contributed by atoms with Crippen LogP contribution < -0.4 is 26.6 Å². The topological polar surface area (TPSA) is 209 Å². The number of hydrogen-bond donors (Lipinski definition) is 5. The van der Waals surface area contributed by atoms with Gasteiger partial charge in [0.2, 0.25) is 35.4 Å². The first-order valence-corrected chi connectivity index (χ1v) is 16.8. The molecule has 1 aliphatic rings. The van der Waals surface area contributed by atoms with Crippen molar-refractivity contribution in [3.05, 3.63) is 0 Å². The van der Waals surface area contributed by atoms with Crippen LogP contribution in [0.4, 0.5) is 0 Å². The lowest BCUT2D eigenvalue weighted by atomic mass is 9.94.